The topological polar surface area (TPSA) is 501 Å². The fourth-order valence-corrected chi connectivity index (χ4v) is 12.6. The summed E-state index contributed by atoms with van der Waals surface area (Å²) in [6.45, 7) is 6.43. The Balaban J connectivity index is 1.07. The van der Waals surface area contributed by atoms with Gasteiger partial charge in [-0.2, -0.15) is 55.5 Å². The van der Waals surface area contributed by atoms with Gasteiger partial charge >= 0.3 is 0 Å². The fourth-order valence-electron chi connectivity index (χ4n) is 8.57. The molecule has 0 amide bonds. The van der Waals surface area contributed by atoms with Crippen LogP contribution in [0.1, 0.15) is 44.5 Å². The van der Waals surface area contributed by atoms with Crippen LogP contribution in [0.2, 0.25) is 0 Å². The molecule has 0 unspecified atom stereocenters. The van der Waals surface area contributed by atoms with Gasteiger partial charge in [-0.3, -0.25) is 27.3 Å². The van der Waals surface area contributed by atoms with E-state index in [1.165, 1.54) is 66.7 Å². The highest BCUT2D eigenvalue weighted by Crippen LogP contribution is 2.41. The summed E-state index contributed by atoms with van der Waals surface area (Å²) in [5.74, 6) is -3.00. The van der Waals surface area contributed by atoms with E-state index in [2.05, 4.69) is 30.3 Å². The first kappa shape index (κ1) is 64.9. The molecule has 0 saturated heterocycles. The van der Waals surface area contributed by atoms with Crippen LogP contribution in [0.25, 0.3) is 21.5 Å². The van der Waals surface area contributed by atoms with E-state index in [1.807, 2.05) is 0 Å². The molecule has 0 bridgehead atoms. The zero-order chi connectivity index (χ0) is 65.1. The lowest BCUT2D eigenvalue weighted by Gasteiger charge is -2.13. The zero-order valence-electron chi connectivity index (χ0n) is 45.1. The third-order valence-electron chi connectivity index (χ3n) is 13.0. The third-order valence-corrected chi connectivity index (χ3v) is 18.2. The van der Waals surface area contributed by atoms with Gasteiger partial charge in [0.25, 0.3) is 66.7 Å². The number of aliphatic imine (C=N–C) groups is 5. The van der Waals surface area contributed by atoms with Crippen LogP contribution in [0.3, 0.4) is 0 Å². The number of hydrogen-bond donors (Lipinski definition) is 12. The maximum Gasteiger partial charge on any atom is 0.295 e. The second-order valence-electron chi connectivity index (χ2n) is 19.0. The van der Waals surface area contributed by atoms with Crippen molar-refractivity contribution < 1.29 is 103 Å². The molecule has 0 aliphatic carbocycles. The summed E-state index contributed by atoms with van der Waals surface area (Å²) in [6, 6.07) is 20.7. The molecule has 0 fully saturated rings. The summed E-state index contributed by atoms with van der Waals surface area (Å²) >= 11 is 0. The Hall–Kier alpha value is -9.11. The Labute approximate surface area is 499 Å². The van der Waals surface area contributed by atoms with Gasteiger partial charge in [0, 0.05) is 49.5 Å². The highest BCUT2D eigenvalue weighted by molar-refractivity contribution is 7.88. The van der Waals surface area contributed by atoms with E-state index in [0.717, 1.165) is 12.1 Å². The van der Waals surface area contributed by atoms with E-state index >= 15 is 0 Å². The molecular weight excluding hydrogens is 1280 g/mol. The number of aliphatic hydroxyl groups excluding tert-OH is 5. The molecule has 0 heterocycles. The average molecular weight is 1330 g/mol. The van der Waals surface area contributed by atoms with E-state index in [9.17, 15) is 103 Å². The largest absolute Gasteiger partial charge is 0.493 e. The van der Waals surface area contributed by atoms with Gasteiger partial charge in [-0.05, 0) is 147 Å². The normalized spacial score (nSPS) is 13.8. The van der Waals surface area contributed by atoms with Crippen LogP contribution in [0.4, 0.5) is 34.1 Å². The molecule has 0 aliphatic rings. The minimum atomic E-state index is -5.45. The SMILES string of the molecule is Cc1ccc(C(O)=Nc2cc(C(O)=Nc3ccc(S(=O)(=O)O)c4cc(S(=O)(=O)O)cc(S(=O)(=O)O)c34)ccc2C)cc1N=C(O)Nc1cc(C(O)=Nc2cc(C(O)=Nc3ccc(S(=O)(=O)O)c4cc(S(=O)(=O)O)cc(S(=O)(=O)O)c34)ccc2C)ccc1C. The lowest BCUT2D eigenvalue weighted by molar-refractivity contribution is 0.477. The molecule has 8 rings (SSSR count). The Bertz CT molecular complexity index is 5220. The van der Waals surface area contributed by atoms with Crippen molar-refractivity contribution in [3.8, 4) is 0 Å². The van der Waals surface area contributed by atoms with Gasteiger partial charge in [-0.25, -0.2) is 20.0 Å². The van der Waals surface area contributed by atoms with Crippen LogP contribution in [0.15, 0.2) is 176 Å². The highest BCUT2D eigenvalue weighted by Gasteiger charge is 2.29. The van der Waals surface area contributed by atoms with Crippen LogP contribution in [-0.2, 0) is 60.7 Å². The lowest BCUT2D eigenvalue weighted by Crippen LogP contribution is -2.12. The Morgan fingerprint density at radius 2 is 0.614 bits per heavy atom. The van der Waals surface area contributed by atoms with Gasteiger partial charge < -0.3 is 30.8 Å². The Morgan fingerprint density at radius 1 is 0.318 bits per heavy atom. The molecule has 29 nitrogen and oxygen atoms in total. The molecule has 0 saturated carbocycles. The summed E-state index contributed by atoms with van der Waals surface area (Å²) < 4.78 is 207. The molecule has 0 atom stereocenters. The van der Waals surface area contributed by atoms with Crippen LogP contribution >= 0.6 is 0 Å². The van der Waals surface area contributed by atoms with Crippen molar-refractivity contribution in [2.45, 2.75) is 57.1 Å². The maximum absolute atomic E-state index is 12.5. The van der Waals surface area contributed by atoms with Crippen molar-refractivity contribution in [3.63, 3.8) is 0 Å². The first-order valence-corrected chi connectivity index (χ1v) is 32.9. The minimum Gasteiger partial charge on any atom is -0.493 e. The molecule has 0 aliphatic heterocycles. The van der Waals surface area contributed by atoms with Crippen molar-refractivity contribution >= 4 is 146 Å². The standard InChI is InChI=1S/C53H44N6O23S6/c1-25-5-9-29(49(60)54-37-13-15-43(85(71,72)73)35-21-33(83(65,66)67)23-45(47(35)37)87(77,78)79)17-39(25)56-51(62)31-11-7-27(3)41(19-31)58-53(64)59-42-20-32(12-8-28(42)4)52(63)57-40-18-30(10-6-26(40)2)50(61)55-38-14-16-44(86(74,75)76)36-22-34(84(68,69)70)24-46(48(36)38)88(80,81)82/h5-24H,1-4H3,(H,54,60)(H,55,61)(H,56,62)(H,57,63)(H2,58,59,64)(H,65,66,67)(H,68,69,70)(H,71,72,73)(H,74,75,76)(H,77,78,79)(H,80,81,82). The molecule has 460 valence electrons. The number of benzene rings is 8. The molecule has 88 heavy (non-hydrogen) atoms. The molecule has 35 heteroatoms. The number of anilines is 1. The Kier molecular flexibility index (Phi) is 17.3. The number of rotatable bonds is 16. The van der Waals surface area contributed by atoms with Crippen molar-refractivity contribution in [3.05, 3.63) is 166 Å². The first-order chi connectivity index (χ1) is 40.6. The van der Waals surface area contributed by atoms with E-state index < -0.39 is 153 Å². The van der Waals surface area contributed by atoms with Crippen molar-refractivity contribution in [1.82, 2.24) is 0 Å². The van der Waals surface area contributed by atoms with Crippen molar-refractivity contribution in [2.75, 3.05) is 5.32 Å². The predicted molar refractivity (Wildman–Crippen MR) is 320 cm³/mol. The van der Waals surface area contributed by atoms with Crippen molar-refractivity contribution in [2.24, 2.45) is 25.0 Å². The van der Waals surface area contributed by atoms with Crippen LogP contribution in [0, 0.1) is 27.7 Å². The number of fused-ring (bicyclic) bond motifs is 2. The smallest absolute Gasteiger partial charge is 0.295 e. The fraction of sp³-hybridized carbons (Fsp3) is 0.0755. The van der Waals surface area contributed by atoms with E-state index in [0.29, 0.717) is 58.7 Å². The monoisotopic (exact) mass is 1320 g/mol. The molecule has 0 aromatic heterocycles. The van der Waals surface area contributed by atoms with E-state index in [1.54, 1.807) is 33.8 Å². The number of amidine groups is 1. The summed E-state index contributed by atoms with van der Waals surface area (Å²) in [7, 11) is -31.9. The molecule has 0 radical (unpaired) electrons. The zero-order valence-corrected chi connectivity index (χ0v) is 49.9. The molecule has 8 aromatic carbocycles. The highest BCUT2D eigenvalue weighted by atomic mass is 32.2. The van der Waals surface area contributed by atoms with Gasteiger partial charge in [0.1, 0.15) is 19.6 Å². The van der Waals surface area contributed by atoms with Crippen LogP contribution < -0.4 is 5.32 Å². The quantitative estimate of drug-likeness (QED) is 0.0244. The minimum absolute atomic E-state index is 0.0204. The Morgan fingerprint density at radius 3 is 0.932 bits per heavy atom. The summed E-state index contributed by atoms with van der Waals surface area (Å²) in [5.41, 5.74) is 0.874. The number of nitrogens with zero attached hydrogens (tertiary/aromatic N) is 5. The van der Waals surface area contributed by atoms with Gasteiger partial charge in [0.15, 0.2) is 0 Å². The second kappa shape index (κ2) is 23.5. The number of hydrogen-bond acceptors (Lipinski definition) is 17. The van der Waals surface area contributed by atoms with E-state index in [-0.39, 0.29) is 45.0 Å². The van der Waals surface area contributed by atoms with Gasteiger partial charge in [0.05, 0.1) is 38.2 Å². The summed E-state index contributed by atoms with van der Waals surface area (Å²) in [6.07, 6.45) is 0. The van der Waals surface area contributed by atoms with Crippen LogP contribution in [-0.4, -0.2) is 133 Å². The maximum atomic E-state index is 12.5. The van der Waals surface area contributed by atoms with Gasteiger partial charge in [-0.15, -0.1) is 0 Å². The van der Waals surface area contributed by atoms with Crippen LogP contribution in [0.5, 0.6) is 0 Å². The first-order valence-electron chi connectivity index (χ1n) is 24.3. The number of aliphatic hydroxyl groups is 5. The average Bonchev–Trinajstić information content (AvgIpc) is 0.769. The summed E-state index contributed by atoms with van der Waals surface area (Å²) in [4.78, 5) is 13.8. The lowest BCUT2D eigenvalue weighted by atomic mass is 10.1. The van der Waals surface area contributed by atoms with Crippen molar-refractivity contribution in [1.29, 1.82) is 0 Å². The predicted octanol–water partition coefficient (Wildman–Crippen LogP) is 8.91. The van der Waals surface area contributed by atoms with Gasteiger partial charge in [0.2, 0.25) is 23.6 Å². The van der Waals surface area contributed by atoms with E-state index in [4.69, 9.17) is 0 Å². The van der Waals surface area contributed by atoms with Gasteiger partial charge in [-0.1, -0.05) is 24.3 Å². The molecular formula is C53H44N6O23S6. The third kappa shape index (κ3) is 14.2. The molecule has 12 N–H and O–H groups in total. The number of aryl methyl sites for hydroxylation is 4. The number of nitrogens with one attached hydrogen (secondary N) is 1. The molecule has 8 aromatic rings. The second-order valence-corrected chi connectivity index (χ2v) is 27.4. The summed E-state index contributed by atoms with van der Waals surface area (Å²) in [5, 5.41) is 55.7. The molecule has 0 spiro atoms.